The highest BCUT2D eigenvalue weighted by Crippen LogP contribution is 2.52. The number of allylic oxidation sites excluding steroid dienone is 1. The van der Waals surface area contributed by atoms with Gasteiger partial charge in [0.25, 0.3) is 0 Å². The summed E-state index contributed by atoms with van der Waals surface area (Å²) in [5.74, 6) is 0.758. The third-order valence-corrected chi connectivity index (χ3v) is 7.73. The number of likely N-dealkylation sites (N-methyl/N-ethyl adjacent to an activating group) is 1. The number of hydrogen-bond donors (Lipinski definition) is 2. The number of amides is 1. The lowest BCUT2D eigenvalue weighted by Gasteiger charge is -2.35. The number of nitrogens with zero attached hydrogens (tertiary/aromatic N) is 2. The van der Waals surface area contributed by atoms with E-state index < -0.39 is 0 Å². The molecule has 0 aliphatic heterocycles. The smallest absolute Gasteiger partial charge is 0.223 e. The molecule has 2 aliphatic carbocycles. The number of aliphatic hydroxyl groups excluding tert-OH is 1. The van der Waals surface area contributed by atoms with Gasteiger partial charge in [-0.2, -0.15) is 0 Å². The van der Waals surface area contributed by atoms with Crippen LogP contribution in [0.3, 0.4) is 0 Å². The van der Waals surface area contributed by atoms with Crippen LogP contribution in [0.15, 0.2) is 16.9 Å². The van der Waals surface area contributed by atoms with E-state index in [-0.39, 0.29) is 35.2 Å². The Hall–Kier alpha value is -1.69. The minimum absolute atomic E-state index is 0.0765. The van der Waals surface area contributed by atoms with E-state index in [9.17, 15) is 14.7 Å². The van der Waals surface area contributed by atoms with Crippen molar-refractivity contribution in [3.63, 3.8) is 0 Å². The van der Waals surface area contributed by atoms with Gasteiger partial charge in [0, 0.05) is 31.1 Å². The molecule has 0 heterocycles. The summed E-state index contributed by atoms with van der Waals surface area (Å²) in [7, 11) is 1.95. The van der Waals surface area contributed by atoms with Gasteiger partial charge in [-0.15, -0.1) is 0 Å². The Labute approximate surface area is 242 Å². The number of aliphatic imine (C=N–C) groups is 1. The van der Waals surface area contributed by atoms with E-state index in [1.54, 1.807) is 6.92 Å². The van der Waals surface area contributed by atoms with Crippen LogP contribution >= 0.6 is 0 Å². The van der Waals surface area contributed by atoms with Crippen molar-refractivity contribution in [1.82, 2.24) is 10.2 Å². The van der Waals surface area contributed by atoms with Gasteiger partial charge in [-0.25, -0.2) is 0 Å². The van der Waals surface area contributed by atoms with E-state index in [2.05, 4.69) is 51.6 Å². The molecule has 2 aliphatic rings. The van der Waals surface area contributed by atoms with Crippen LogP contribution in [0.4, 0.5) is 0 Å². The van der Waals surface area contributed by atoms with Crippen LogP contribution in [-0.2, 0) is 9.59 Å². The predicted octanol–water partition coefficient (Wildman–Crippen LogP) is 7.79. The van der Waals surface area contributed by atoms with Crippen LogP contribution in [0.5, 0.6) is 0 Å². The average Bonchev–Trinajstić information content (AvgIpc) is 3.82. The van der Waals surface area contributed by atoms with Crippen molar-refractivity contribution in [1.29, 1.82) is 0 Å². The normalized spacial score (nSPS) is 18.7. The van der Waals surface area contributed by atoms with Gasteiger partial charge in [-0.3, -0.25) is 14.6 Å². The molecule has 0 radical (unpaired) electrons. The highest BCUT2D eigenvalue weighted by atomic mass is 16.3. The van der Waals surface area contributed by atoms with E-state index in [0.717, 1.165) is 18.5 Å². The maximum absolute atomic E-state index is 12.1. The summed E-state index contributed by atoms with van der Waals surface area (Å²) in [6.45, 7) is 27.7. The Morgan fingerprint density at radius 3 is 1.92 bits per heavy atom. The minimum atomic E-state index is -0.355. The predicted molar refractivity (Wildman–Crippen MR) is 169 cm³/mol. The van der Waals surface area contributed by atoms with Gasteiger partial charge < -0.3 is 15.3 Å². The molecular weight excluding hydrogens is 486 g/mol. The van der Waals surface area contributed by atoms with Crippen LogP contribution in [0, 0.1) is 22.7 Å². The molecule has 2 N–H and O–H groups in total. The molecule has 4 unspecified atom stereocenters. The molecule has 4 atom stereocenters. The fourth-order valence-electron chi connectivity index (χ4n) is 5.24. The van der Waals surface area contributed by atoms with E-state index in [0.29, 0.717) is 30.2 Å². The Morgan fingerprint density at radius 1 is 1.10 bits per heavy atom. The van der Waals surface area contributed by atoms with Crippen LogP contribution in [0.2, 0.25) is 0 Å². The zero-order valence-corrected chi connectivity index (χ0v) is 28.0. The fraction of sp³-hybridized carbons (Fsp3) is 0.848. The number of Topliss-reactive ketones (excluding diaryl/α,β-unsaturated/α-hetero) is 1. The number of aliphatic hydroxyl groups is 1. The molecule has 0 aromatic carbocycles. The maximum Gasteiger partial charge on any atom is 0.223 e. The van der Waals surface area contributed by atoms with E-state index in [4.69, 9.17) is 0 Å². The average molecular weight is 552 g/mol. The van der Waals surface area contributed by atoms with E-state index in [1.165, 1.54) is 25.7 Å². The van der Waals surface area contributed by atoms with Gasteiger partial charge in [-0.1, -0.05) is 76.2 Å². The molecular formula is C33H65N3O3. The quantitative estimate of drug-likeness (QED) is 0.229. The zero-order chi connectivity index (χ0) is 31.0. The molecule has 0 aromatic heterocycles. The van der Waals surface area contributed by atoms with E-state index >= 15 is 0 Å². The zero-order valence-electron chi connectivity index (χ0n) is 28.0. The second-order valence-corrected chi connectivity index (χ2v) is 11.9. The molecule has 230 valence electrons. The lowest BCUT2D eigenvalue weighted by molar-refractivity contribution is -0.127. The summed E-state index contributed by atoms with van der Waals surface area (Å²) < 4.78 is 0. The monoisotopic (exact) mass is 552 g/mol. The summed E-state index contributed by atoms with van der Waals surface area (Å²) >= 11 is 0. The molecule has 6 heteroatoms. The van der Waals surface area contributed by atoms with Crippen molar-refractivity contribution in [2.45, 2.75) is 153 Å². The van der Waals surface area contributed by atoms with Crippen molar-refractivity contribution in [2.75, 3.05) is 7.05 Å². The molecule has 1 amide bonds. The summed E-state index contributed by atoms with van der Waals surface area (Å²) in [6.07, 6.45) is 9.95. The van der Waals surface area contributed by atoms with Crippen LogP contribution in [-0.4, -0.2) is 53.6 Å². The second-order valence-electron chi connectivity index (χ2n) is 11.9. The molecule has 2 saturated carbocycles. The number of hydrogen-bond acceptors (Lipinski definition) is 5. The van der Waals surface area contributed by atoms with Gasteiger partial charge in [0.15, 0.2) is 5.78 Å². The number of carbonyl (C=O) groups is 2. The number of carbonyl (C=O) groups excluding carboxylic acids is 2. The van der Waals surface area contributed by atoms with Crippen LogP contribution in [0.25, 0.3) is 0 Å². The molecule has 39 heavy (non-hydrogen) atoms. The van der Waals surface area contributed by atoms with Gasteiger partial charge in [0.05, 0.1) is 17.8 Å². The standard InChI is InChI=1S/C15H29NO2.C14H24N2O.2C2H6/c1-5-12(17)10-11(4)14(18)16-13(6-2)15(7-3)8-9-15;1-10(17)13(14(2,3)4)16(6)9-12(15-5)11-7-8-11;2*1-2/h11-13,17H,5-10H2,1-4H3,(H,16,18);9,11,13H,5,7-8H2,1-4,6H3;2*1-2H3/b;12-9-;;. The molecule has 2 rings (SSSR count). The van der Waals surface area contributed by atoms with E-state index in [1.807, 2.05) is 59.7 Å². The summed E-state index contributed by atoms with van der Waals surface area (Å²) in [5, 5.41) is 12.8. The fourth-order valence-corrected chi connectivity index (χ4v) is 5.24. The molecule has 0 bridgehead atoms. The number of rotatable bonds is 13. The first-order chi connectivity index (χ1) is 18.3. The van der Waals surface area contributed by atoms with Crippen molar-refractivity contribution < 1.29 is 14.7 Å². The molecule has 0 aromatic rings. The Balaban J connectivity index is 0. The Bertz CT molecular complexity index is 733. The lowest BCUT2D eigenvalue weighted by Crippen LogP contribution is -2.44. The summed E-state index contributed by atoms with van der Waals surface area (Å²) in [6, 6.07) is 0.203. The third-order valence-electron chi connectivity index (χ3n) is 7.73. The second kappa shape index (κ2) is 19.4. The molecule has 6 nitrogen and oxygen atoms in total. The summed E-state index contributed by atoms with van der Waals surface area (Å²) in [5.41, 5.74) is 1.31. The van der Waals surface area contributed by atoms with Crippen LogP contribution in [0.1, 0.15) is 134 Å². The first-order valence-electron chi connectivity index (χ1n) is 15.6. The third kappa shape index (κ3) is 14.0. The largest absolute Gasteiger partial charge is 0.393 e. The highest BCUT2D eigenvalue weighted by molar-refractivity contribution is 5.82. The van der Waals surface area contributed by atoms with Gasteiger partial charge >= 0.3 is 0 Å². The Morgan fingerprint density at radius 2 is 1.62 bits per heavy atom. The van der Waals surface area contributed by atoms with Gasteiger partial charge in [-0.05, 0) is 75.8 Å². The number of nitrogens with one attached hydrogen (secondary N) is 1. The molecule has 2 fully saturated rings. The minimum Gasteiger partial charge on any atom is -0.393 e. The Kier molecular flexibility index (Phi) is 19.6. The highest BCUT2D eigenvalue weighted by Gasteiger charge is 2.47. The maximum atomic E-state index is 12.1. The molecule has 0 spiro atoms. The van der Waals surface area contributed by atoms with Crippen LogP contribution < -0.4 is 5.32 Å². The van der Waals surface area contributed by atoms with Crippen molar-refractivity contribution in [3.05, 3.63) is 11.9 Å². The van der Waals surface area contributed by atoms with Gasteiger partial charge in [0.1, 0.15) is 0 Å². The molecule has 0 saturated heterocycles. The lowest BCUT2D eigenvalue weighted by atomic mass is 9.83. The first kappa shape index (κ1) is 39.5. The van der Waals surface area contributed by atoms with Crippen molar-refractivity contribution in [3.8, 4) is 0 Å². The summed E-state index contributed by atoms with van der Waals surface area (Å²) in [4.78, 5) is 30.0. The van der Waals surface area contributed by atoms with Crippen molar-refractivity contribution in [2.24, 2.45) is 27.7 Å². The topological polar surface area (TPSA) is 82.0 Å². The van der Waals surface area contributed by atoms with Gasteiger partial charge in [0.2, 0.25) is 5.91 Å². The van der Waals surface area contributed by atoms with Crippen molar-refractivity contribution >= 4 is 18.4 Å². The SMILES string of the molecule is C=N/C(=C\N(C)C(C(C)=O)C(C)(C)C)C1CC1.CC.CC.CCC(O)CC(C)C(=O)NC(CC)C1(CC)CC1. The first-order valence-corrected chi connectivity index (χ1v) is 15.6. The number of ketones is 1.